The fraction of sp³-hybridized carbons (Fsp3) is 0.125. The molecule has 0 aliphatic carbocycles. The highest BCUT2D eigenvalue weighted by Crippen LogP contribution is 2.23. The number of carboxylic acid groups (broad SMARTS) is 1. The summed E-state index contributed by atoms with van der Waals surface area (Å²) in [6.45, 7) is 1.78. The summed E-state index contributed by atoms with van der Waals surface area (Å²) in [5, 5.41) is 8.65. The number of carboxylic acids is 1. The molecule has 0 atom stereocenters. The van der Waals surface area contributed by atoms with Crippen molar-refractivity contribution in [2.24, 2.45) is 0 Å². The largest absolute Gasteiger partial charge is 0.478 e. The zero-order valence-corrected chi connectivity index (χ0v) is 6.66. The summed E-state index contributed by atoms with van der Waals surface area (Å²) in [7, 11) is 0. The highest BCUT2D eigenvalue weighted by atomic mass is 16.4. The number of aromatic carboxylic acids is 1. The van der Waals surface area contributed by atoms with Gasteiger partial charge >= 0.3 is 5.97 Å². The molecule has 5 N–H and O–H groups in total. The number of anilines is 2. The van der Waals surface area contributed by atoms with Crippen LogP contribution < -0.4 is 11.5 Å². The molecule has 0 spiro atoms. The van der Waals surface area contributed by atoms with Gasteiger partial charge in [0.15, 0.2) is 0 Å². The van der Waals surface area contributed by atoms with E-state index in [1.54, 1.807) is 13.0 Å². The third-order valence-electron chi connectivity index (χ3n) is 1.74. The van der Waals surface area contributed by atoms with Crippen LogP contribution in [-0.2, 0) is 0 Å². The van der Waals surface area contributed by atoms with Gasteiger partial charge < -0.3 is 16.6 Å². The lowest BCUT2D eigenvalue weighted by atomic mass is 10.1. The topological polar surface area (TPSA) is 89.3 Å². The first-order valence-corrected chi connectivity index (χ1v) is 3.42. The van der Waals surface area contributed by atoms with Crippen LogP contribution in [0.4, 0.5) is 11.4 Å². The van der Waals surface area contributed by atoms with Gasteiger partial charge in [-0.3, -0.25) is 0 Å². The first-order chi connectivity index (χ1) is 5.54. The minimum atomic E-state index is -1.06. The van der Waals surface area contributed by atoms with Crippen molar-refractivity contribution in [2.45, 2.75) is 6.92 Å². The molecule has 0 saturated carbocycles. The van der Waals surface area contributed by atoms with Gasteiger partial charge in [-0.1, -0.05) is 6.07 Å². The Bertz CT molecular complexity index is 334. The SMILES string of the molecule is Cc1ccc(C(=O)O)c(N)c1N. The summed E-state index contributed by atoms with van der Waals surface area (Å²) in [5.41, 5.74) is 12.3. The molecule has 0 radical (unpaired) electrons. The molecule has 0 bridgehead atoms. The lowest BCUT2D eigenvalue weighted by molar-refractivity contribution is 0.0698. The molecule has 4 heteroatoms. The van der Waals surface area contributed by atoms with E-state index in [9.17, 15) is 4.79 Å². The second-order valence-corrected chi connectivity index (χ2v) is 2.56. The van der Waals surface area contributed by atoms with Crippen molar-refractivity contribution < 1.29 is 9.90 Å². The Labute approximate surface area is 69.8 Å². The normalized spacial score (nSPS) is 9.75. The van der Waals surface area contributed by atoms with Crippen LogP contribution in [-0.4, -0.2) is 11.1 Å². The fourth-order valence-corrected chi connectivity index (χ4v) is 0.932. The Kier molecular flexibility index (Phi) is 1.91. The van der Waals surface area contributed by atoms with E-state index in [0.717, 1.165) is 5.56 Å². The van der Waals surface area contributed by atoms with Crippen LogP contribution in [0.15, 0.2) is 12.1 Å². The van der Waals surface area contributed by atoms with E-state index in [-0.39, 0.29) is 11.3 Å². The number of carbonyl (C=O) groups is 1. The van der Waals surface area contributed by atoms with Gasteiger partial charge in [0.05, 0.1) is 16.9 Å². The molecule has 12 heavy (non-hydrogen) atoms. The number of aryl methyl sites for hydroxylation is 1. The maximum absolute atomic E-state index is 10.5. The van der Waals surface area contributed by atoms with Crippen molar-refractivity contribution >= 4 is 17.3 Å². The monoisotopic (exact) mass is 166 g/mol. The van der Waals surface area contributed by atoms with E-state index < -0.39 is 5.97 Å². The maximum atomic E-state index is 10.5. The van der Waals surface area contributed by atoms with Crippen LogP contribution in [0, 0.1) is 6.92 Å². The van der Waals surface area contributed by atoms with Crippen LogP contribution >= 0.6 is 0 Å². The van der Waals surface area contributed by atoms with Crippen molar-refractivity contribution in [3.8, 4) is 0 Å². The Morgan fingerprint density at radius 1 is 1.33 bits per heavy atom. The van der Waals surface area contributed by atoms with E-state index in [0.29, 0.717) is 5.69 Å². The van der Waals surface area contributed by atoms with Crippen LogP contribution in [0.1, 0.15) is 15.9 Å². The first-order valence-electron chi connectivity index (χ1n) is 3.42. The molecule has 0 fully saturated rings. The molecule has 4 nitrogen and oxygen atoms in total. The lowest BCUT2D eigenvalue weighted by Gasteiger charge is -2.06. The van der Waals surface area contributed by atoms with E-state index in [2.05, 4.69) is 0 Å². The average molecular weight is 166 g/mol. The lowest BCUT2D eigenvalue weighted by Crippen LogP contribution is -2.06. The Morgan fingerprint density at radius 2 is 1.92 bits per heavy atom. The number of benzene rings is 1. The third-order valence-corrected chi connectivity index (χ3v) is 1.74. The van der Waals surface area contributed by atoms with Crippen molar-refractivity contribution in [3.05, 3.63) is 23.3 Å². The molecule has 1 aromatic carbocycles. The fourth-order valence-electron chi connectivity index (χ4n) is 0.932. The smallest absolute Gasteiger partial charge is 0.337 e. The number of rotatable bonds is 1. The summed E-state index contributed by atoms with van der Waals surface area (Å²) in [5.74, 6) is -1.06. The van der Waals surface area contributed by atoms with Gasteiger partial charge in [-0.15, -0.1) is 0 Å². The van der Waals surface area contributed by atoms with Crippen LogP contribution in [0.2, 0.25) is 0 Å². The summed E-state index contributed by atoms with van der Waals surface area (Å²) in [6.07, 6.45) is 0. The van der Waals surface area contributed by atoms with Gasteiger partial charge in [-0.25, -0.2) is 4.79 Å². The second-order valence-electron chi connectivity index (χ2n) is 2.56. The maximum Gasteiger partial charge on any atom is 0.337 e. The van der Waals surface area contributed by atoms with Gasteiger partial charge in [0, 0.05) is 0 Å². The number of nitrogens with two attached hydrogens (primary N) is 2. The highest BCUT2D eigenvalue weighted by molar-refractivity contribution is 5.97. The molecule has 0 aromatic heterocycles. The van der Waals surface area contributed by atoms with Crippen molar-refractivity contribution in [1.29, 1.82) is 0 Å². The number of hydrogen-bond acceptors (Lipinski definition) is 3. The first kappa shape index (κ1) is 8.39. The summed E-state index contributed by atoms with van der Waals surface area (Å²) in [4.78, 5) is 10.5. The van der Waals surface area contributed by atoms with Crippen LogP contribution in [0.25, 0.3) is 0 Å². The minimum Gasteiger partial charge on any atom is -0.478 e. The van der Waals surface area contributed by atoms with Gasteiger partial charge in [0.1, 0.15) is 0 Å². The van der Waals surface area contributed by atoms with Gasteiger partial charge in [-0.05, 0) is 18.6 Å². The van der Waals surface area contributed by atoms with Crippen LogP contribution in [0.3, 0.4) is 0 Å². The third kappa shape index (κ3) is 1.18. The second kappa shape index (κ2) is 2.73. The molecular formula is C8H10N2O2. The molecule has 0 aliphatic rings. The van der Waals surface area contributed by atoms with Gasteiger partial charge in [0.25, 0.3) is 0 Å². The zero-order valence-electron chi connectivity index (χ0n) is 6.66. The van der Waals surface area contributed by atoms with E-state index >= 15 is 0 Å². The number of hydrogen-bond donors (Lipinski definition) is 3. The van der Waals surface area contributed by atoms with Crippen molar-refractivity contribution in [1.82, 2.24) is 0 Å². The predicted octanol–water partition coefficient (Wildman–Crippen LogP) is 0.858. The molecule has 0 heterocycles. The molecule has 0 amide bonds. The standard InChI is InChI=1S/C8H10N2O2/c1-4-2-3-5(8(11)12)7(10)6(4)9/h2-3H,9-10H2,1H3,(H,11,12). The molecule has 0 saturated heterocycles. The van der Waals surface area contributed by atoms with Gasteiger partial charge in [-0.2, -0.15) is 0 Å². The average Bonchev–Trinajstić information content (AvgIpc) is 2.00. The van der Waals surface area contributed by atoms with Crippen LogP contribution in [0.5, 0.6) is 0 Å². The Balaban J connectivity index is 3.36. The van der Waals surface area contributed by atoms with Crippen molar-refractivity contribution in [2.75, 3.05) is 11.5 Å². The van der Waals surface area contributed by atoms with E-state index in [1.165, 1.54) is 6.07 Å². The quantitative estimate of drug-likeness (QED) is 0.540. The molecule has 64 valence electrons. The predicted molar refractivity (Wildman–Crippen MR) is 47.0 cm³/mol. The molecular weight excluding hydrogens is 156 g/mol. The highest BCUT2D eigenvalue weighted by Gasteiger charge is 2.10. The summed E-state index contributed by atoms with van der Waals surface area (Å²) in [6, 6.07) is 3.08. The zero-order chi connectivity index (χ0) is 9.30. The molecule has 0 unspecified atom stereocenters. The molecule has 0 aliphatic heterocycles. The summed E-state index contributed by atoms with van der Waals surface area (Å²) >= 11 is 0. The number of nitrogen functional groups attached to an aromatic ring is 2. The molecule has 1 aromatic rings. The van der Waals surface area contributed by atoms with Crippen molar-refractivity contribution in [3.63, 3.8) is 0 Å². The Hall–Kier alpha value is -1.71. The van der Waals surface area contributed by atoms with Gasteiger partial charge in [0.2, 0.25) is 0 Å². The Morgan fingerprint density at radius 3 is 2.42 bits per heavy atom. The van der Waals surface area contributed by atoms with E-state index in [4.69, 9.17) is 16.6 Å². The van der Waals surface area contributed by atoms with E-state index in [1.807, 2.05) is 0 Å². The molecule has 1 rings (SSSR count). The summed E-state index contributed by atoms with van der Waals surface area (Å²) < 4.78 is 0. The minimum absolute atomic E-state index is 0.0538.